The Balaban J connectivity index is 1.65. The maximum Gasteiger partial charge on any atom is 0.318 e. The number of benzene rings is 2. The molecule has 33 heavy (non-hydrogen) atoms. The van der Waals surface area contributed by atoms with Crippen LogP contribution >= 0.6 is 0 Å². The summed E-state index contributed by atoms with van der Waals surface area (Å²) < 4.78 is 11.0. The van der Waals surface area contributed by atoms with Gasteiger partial charge in [0.05, 0.1) is 25.0 Å². The van der Waals surface area contributed by atoms with E-state index in [0.717, 1.165) is 60.8 Å². The Kier molecular flexibility index (Phi) is 5.37. The molecule has 0 aliphatic carbocycles. The lowest BCUT2D eigenvalue weighted by Gasteiger charge is -2.23. The van der Waals surface area contributed by atoms with Crippen molar-refractivity contribution >= 4 is 11.5 Å². The van der Waals surface area contributed by atoms with Crippen molar-refractivity contribution in [3.05, 3.63) is 76.2 Å². The van der Waals surface area contributed by atoms with E-state index in [0.29, 0.717) is 12.2 Å². The van der Waals surface area contributed by atoms with Gasteiger partial charge in [-0.25, -0.2) is 14.2 Å². The summed E-state index contributed by atoms with van der Waals surface area (Å²) in [6, 6.07) is 17.3. The SMILES string of the molecule is COc1ccc([C@]2(O)CN(c3c(C)n(C)n(-c4ccccc4)c3=O)C3=[N+]2CCCCC3)cc1. The Morgan fingerprint density at radius 3 is 2.45 bits per heavy atom. The number of para-hydroxylation sites is 1. The Morgan fingerprint density at radius 2 is 1.76 bits per heavy atom. The molecule has 0 amide bonds. The molecule has 7 nitrogen and oxygen atoms in total. The Labute approximate surface area is 193 Å². The van der Waals surface area contributed by atoms with Crippen LogP contribution in [0.15, 0.2) is 59.4 Å². The van der Waals surface area contributed by atoms with Crippen LogP contribution in [-0.4, -0.2) is 45.1 Å². The maximum atomic E-state index is 13.8. The summed E-state index contributed by atoms with van der Waals surface area (Å²) in [6.07, 6.45) is 3.99. The highest BCUT2D eigenvalue weighted by molar-refractivity contribution is 5.96. The zero-order valence-corrected chi connectivity index (χ0v) is 19.5. The van der Waals surface area contributed by atoms with E-state index in [1.807, 2.05) is 73.3 Å². The van der Waals surface area contributed by atoms with Crippen LogP contribution in [0.25, 0.3) is 5.69 Å². The first kappa shape index (κ1) is 21.5. The van der Waals surface area contributed by atoms with Crippen LogP contribution in [0.4, 0.5) is 5.69 Å². The molecule has 2 aliphatic heterocycles. The lowest BCUT2D eigenvalue weighted by molar-refractivity contribution is -0.658. The summed E-state index contributed by atoms with van der Waals surface area (Å²) in [7, 11) is 3.55. The van der Waals surface area contributed by atoms with Gasteiger partial charge in [-0.05, 0) is 62.6 Å². The number of amidine groups is 1. The fourth-order valence-corrected chi connectivity index (χ4v) is 5.25. The van der Waals surface area contributed by atoms with Gasteiger partial charge in [-0.1, -0.05) is 18.2 Å². The van der Waals surface area contributed by atoms with E-state index < -0.39 is 5.72 Å². The van der Waals surface area contributed by atoms with Crippen molar-refractivity contribution in [3.8, 4) is 11.4 Å². The van der Waals surface area contributed by atoms with Gasteiger partial charge in [0.15, 0.2) is 6.54 Å². The second kappa shape index (κ2) is 8.23. The molecule has 7 heteroatoms. The molecule has 172 valence electrons. The van der Waals surface area contributed by atoms with E-state index in [1.54, 1.807) is 11.8 Å². The molecule has 2 aromatic carbocycles. The number of methoxy groups -OCH3 is 1. The van der Waals surface area contributed by atoms with Crippen molar-refractivity contribution in [3.63, 3.8) is 0 Å². The molecule has 0 radical (unpaired) electrons. The number of β-amino-alcohol motifs (C(OH)–C–C–N with tert-alkyl or cyclic N) is 1. The smallest absolute Gasteiger partial charge is 0.318 e. The summed E-state index contributed by atoms with van der Waals surface area (Å²) in [4.78, 5) is 15.8. The largest absolute Gasteiger partial charge is 0.497 e. The third-order valence-electron chi connectivity index (χ3n) is 7.08. The molecule has 0 saturated heterocycles. The van der Waals surface area contributed by atoms with Crippen molar-refractivity contribution in [1.82, 2.24) is 9.36 Å². The van der Waals surface area contributed by atoms with Crippen LogP contribution in [0.1, 0.15) is 36.9 Å². The summed E-state index contributed by atoms with van der Waals surface area (Å²) >= 11 is 0. The molecule has 0 fully saturated rings. The van der Waals surface area contributed by atoms with Crippen molar-refractivity contribution in [2.45, 2.75) is 38.3 Å². The third-order valence-corrected chi connectivity index (χ3v) is 7.08. The van der Waals surface area contributed by atoms with E-state index in [2.05, 4.69) is 9.48 Å². The molecule has 1 N–H and O–H groups in total. The minimum Gasteiger partial charge on any atom is -0.497 e. The van der Waals surface area contributed by atoms with E-state index >= 15 is 0 Å². The molecule has 1 aromatic heterocycles. The summed E-state index contributed by atoms with van der Waals surface area (Å²) in [5.41, 5.74) is 1.86. The standard InChI is InChI=1S/C26H31N4O3/c1-19-24(25(31)30(27(19)2)21-10-6-4-7-11-21)28-18-26(32,20-13-15-22(33-3)16-14-20)29-17-9-5-8-12-23(28)29/h4,6-7,10-11,13-16,32H,5,8-9,12,17-18H2,1-3H3/q+1/t26-/m1/s1. The lowest BCUT2D eigenvalue weighted by atomic mass is 10.0. The van der Waals surface area contributed by atoms with Crippen LogP contribution in [0.3, 0.4) is 0 Å². The van der Waals surface area contributed by atoms with Crippen molar-refractivity contribution in [2.75, 3.05) is 25.1 Å². The molecule has 0 unspecified atom stereocenters. The predicted octanol–water partition coefficient (Wildman–Crippen LogP) is 3.14. The highest BCUT2D eigenvalue weighted by atomic mass is 16.5. The van der Waals surface area contributed by atoms with Gasteiger partial charge >= 0.3 is 5.56 Å². The number of ether oxygens (including phenoxy) is 1. The van der Waals surface area contributed by atoms with Crippen LogP contribution in [0.5, 0.6) is 5.75 Å². The molecule has 2 aliphatic rings. The summed E-state index contributed by atoms with van der Waals surface area (Å²) in [5, 5.41) is 12.1. The fraction of sp³-hybridized carbons (Fsp3) is 0.385. The second-order valence-corrected chi connectivity index (χ2v) is 8.92. The highest BCUT2D eigenvalue weighted by Gasteiger charge is 2.53. The van der Waals surface area contributed by atoms with Crippen molar-refractivity contribution in [1.29, 1.82) is 0 Å². The molecule has 0 saturated carbocycles. The first-order valence-corrected chi connectivity index (χ1v) is 11.6. The van der Waals surface area contributed by atoms with Gasteiger partial charge in [0.25, 0.3) is 11.6 Å². The number of nitrogens with zero attached hydrogens (tertiary/aromatic N) is 4. The lowest BCUT2D eigenvalue weighted by Crippen LogP contribution is -2.41. The van der Waals surface area contributed by atoms with Crippen LogP contribution < -0.4 is 15.2 Å². The Hall–Kier alpha value is -3.32. The monoisotopic (exact) mass is 447 g/mol. The van der Waals surface area contributed by atoms with Gasteiger partial charge in [0.2, 0.25) is 5.69 Å². The van der Waals surface area contributed by atoms with Gasteiger partial charge in [-0.2, -0.15) is 0 Å². The molecular weight excluding hydrogens is 416 g/mol. The zero-order chi connectivity index (χ0) is 23.2. The van der Waals surface area contributed by atoms with Crippen molar-refractivity contribution < 1.29 is 14.4 Å². The summed E-state index contributed by atoms with van der Waals surface area (Å²) in [6.45, 7) is 3.04. The molecule has 3 heterocycles. The van der Waals surface area contributed by atoms with Gasteiger partial charge in [0.1, 0.15) is 5.75 Å². The minimum absolute atomic E-state index is 0.0723. The van der Waals surface area contributed by atoms with Crippen LogP contribution in [0, 0.1) is 6.92 Å². The Bertz CT molecular complexity index is 1260. The molecular formula is C26H31N4O3+. The first-order valence-electron chi connectivity index (χ1n) is 11.6. The predicted molar refractivity (Wildman–Crippen MR) is 129 cm³/mol. The number of aliphatic hydroxyl groups is 1. The third kappa shape index (κ3) is 3.38. The van der Waals surface area contributed by atoms with Gasteiger partial charge < -0.3 is 9.84 Å². The molecule has 0 spiro atoms. The average Bonchev–Trinajstić information content (AvgIpc) is 3.09. The van der Waals surface area contributed by atoms with Gasteiger partial charge in [0, 0.05) is 19.0 Å². The van der Waals surface area contributed by atoms with E-state index in [-0.39, 0.29) is 5.56 Å². The Morgan fingerprint density at radius 1 is 1.03 bits per heavy atom. The normalized spacial score (nSPS) is 20.7. The summed E-state index contributed by atoms with van der Waals surface area (Å²) in [5.74, 6) is 1.78. The fourth-order valence-electron chi connectivity index (χ4n) is 5.25. The topological polar surface area (TPSA) is 62.6 Å². The minimum atomic E-state index is -1.21. The first-order chi connectivity index (χ1) is 16.0. The average molecular weight is 448 g/mol. The van der Waals surface area contributed by atoms with Crippen LogP contribution in [0.2, 0.25) is 0 Å². The molecule has 5 rings (SSSR count). The quantitative estimate of drug-likeness (QED) is 0.624. The maximum absolute atomic E-state index is 13.8. The molecule has 3 aromatic rings. The van der Waals surface area contributed by atoms with Crippen molar-refractivity contribution in [2.24, 2.45) is 7.05 Å². The van der Waals surface area contributed by atoms with E-state index in [1.165, 1.54) is 0 Å². The molecule has 0 bridgehead atoms. The number of hydrogen-bond donors (Lipinski definition) is 1. The zero-order valence-electron chi connectivity index (χ0n) is 19.5. The van der Waals surface area contributed by atoms with E-state index in [4.69, 9.17) is 4.74 Å². The number of anilines is 1. The number of rotatable bonds is 4. The number of aromatic nitrogens is 2. The van der Waals surface area contributed by atoms with Gasteiger partial charge in [-0.3, -0.25) is 9.48 Å². The van der Waals surface area contributed by atoms with E-state index in [9.17, 15) is 9.90 Å². The van der Waals surface area contributed by atoms with Crippen LogP contribution in [-0.2, 0) is 12.8 Å². The molecule has 1 atom stereocenters. The number of hydrogen-bond acceptors (Lipinski definition) is 4. The van der Waals surface area contributed by atoms with Gasteiger partial charge in [-0.15, -0.1) is 0 Å². The highest BCUT2D eigenvalue weighted by Crippen LogP contribution is 2.36. The second-order valence-electron chi connectivity index (χ2n) is 8.92.